The molecule has 3 amide bonds. The van der Waals surface area contributed by atoms with E-state index in [4.69, 9.17) is 0 Å². The van der Waals surface area contributed by atoms with Gasteiger partial charge in [-0.05, 0) is 65.9 Å². The number of anilines is 2. The molecule has 0 unspecified atom stereocenters. The zero-order valence-electron chi connectivity index (χ0n) is 23.7. The fourth-order valence-electron chi connectivity index (χ4n) is 4.27. The summed E-state index contributed by atoms with van der Waals surface area (Å²) < 4.78 is 42.2. The summed E-state index contributed by atoms with van der Waals surface area (Å²) in [6.07, 6.45) is 0.932. The Bertz CT molecular complexity index is 1730. The van der Waals surface area contributed by atoms with Crippen molar-refractivity contribution in [1.29, 1.82) is 0 Å². The third kappa shape index (κ3) is 7.50. The number of rotatable bonds is 7. The van der Waals surface area contributed by atoms with Crippen LogP contribution in [0.5, 0.6) is 5.75 Å². The first kappa shape index (κ1) is 30.5. The number of urea groups is 1. The van der Waals surface area contributed by atoms with Crippen molar-refractivity contribution in [2.75, 3.05) is 16.0 Å². The van der Waals surface area contributed by atoms with Gasteiger partial charge in [0.25, 0.3) is 0 Å². The number of ether oxygens (including phenoxy) is 1. The number of amides is 3. The maximum absolute atomic E-state index is 12.8. The van der Waals surface area contributed by atoms with E-state index >= 15 is 0 Å². The molecule has 0 spiro atoms. The number of alkyl halides is 3. The van der Waals surface area contributed by atoms with Gasteiger partial charge in [0.15, 0.2) is 16.8 Å². The Morgan fingerprint density at radius 1 is 1.09 bits per heavy atom. The van der Waals surface area contributed by atoms with E-state index in [2.05, 4.69) is 30.1 Å². The molecule has 2 aromatic heterocycles. The molecule has 1 aliphatic heterocycles. The lowest BCUT2D eigenvalue weighted by molar-refractivity contribution is -0.274. The Morgan fingerprint density at radius 3 is 2.55 bits per heavy atom. The van der Waals surface area contributed by atoms with E-state index in [0.717, 1.165) is 34.6 Å². The van der Waals surface area contributed by atoms with Gasteiger partial charge >= 0.3 is 12.4 Å². The number of carbonyl (C=O) groups is 2. The molecular weight excluding hydrogens is 595 g/mol. The van der Waals surface area contributed by atoms with E-state index in [1.807, 2.05) is 39.0 Å². The molecule has 10 nitrogen and oxygen atoms in total. The summed E-state index contributed by atoms with van der Waals surface area (Å²) in [5.41, 5.74) is 4.04. The third-order valence-electron chi connectivity index (χ3n) is 6.30. The van der Waals surface area contributed by atoms with Crippen LogP contribution in [0.25, 0.3) is 18.0 Å². The summed E-state index contributed by atoms with van der Waals surface area (Å²) in [6, 6.07) is 14.8. The van der Waals surface area contributed by atoms with E-state index in [9.17, 15) is 22.8 Å². The van der Waals surface area contributed by atoms with Crippen molar-refractivity contribution in [3.63, 3.8) is 0 Å². The second kappa shape index (κ2) is 12.7. The topological polar surface area (TPSA) is 115 Å². The zero-order valence-corrected chi connectivity index (χ0v) is 24.6. The SMILES string of the molecule is Cc1ccc(C(C)C)c(N2C(=O)CSC2=NC(=O)Nc2ccc(/C=C/c3ncn(-c4ccc(OC(F)(F)F)cn4)n3)cc2)c1. The molecule has 14 heteroatoms. The lowest BCUT2D eigenvalue weighted by Gasteiger charge is -2.22. The van der Waals surface area contributed by atoms with Crippen LogP contribution in [0.2, 0.25) is 0 Å². The van der Waals surface area contributed by atoms with E-state index in [1.165, 1.54) is 33.7 Å². The van der Waals surface area contributed by atoms with Crippen LogP contribution in [-0.4, -0.2) is 49.0 Å². The van der Waals surface area contributed by atoms with Gasteiger partial charge in [-0.1, -0.05) is 56.0 Å². The maximum atomic E-state index is 12.8. The molecule has 0 aliphatic carbocycles. The van der Waals surface area contributed by atoms with Crippen LogP contribution in [-0.2, 0) is 4.79 Å². The minimum Gasteiger partial charge on any atom is -0.404 e. The number of halogens is 3. The number of nitrogens with one attached hydrogen (secondary N) is 1. The van der Waals surface area contributed by atoms with E-state index in [0.29, 0.717) is 16.7 Å². The van der Waals surface area contributed by atoms with Gasteiger partial charge in [-0.3, -0.25) is 9.69 Å². The molecule has 1 saturated heterocycles. The predicted octanol–water partition coefficient (Wildman–Crippen LogP) is 6.83. The number of aromatic nitrogens is 4. The van der Waals surface area contributed by atoms with E-state index in [1.54, 1.807) is 36.4 Å². The van der Waals surface area contributed by atoms with Crippen molar-refractivity contribution in [2.45, 2.75) is 33.1 Å². The van der Waals surface area contributed by atoms with Gasteiger partial charge in [0, 0.05) is 5.69 Å². The molecule has 226 valence electrons. The van der Waals surface area contributed by atoms with Gasteiger partial charge in [-0.25, -0.2) is 19.4 Å². The summed E-state index contributed by atoms with van der Waals surface area (Å²) in [7, 11) is 0. The Labute approximate surface area is 254 Å². The standard InChI is InChI=1S/C30H26F3N7O3S/c1-18(2)23-11-4-19(3)14-24(23)40-27(41)16-44-29(40)37-28(42)36-21-8-5-20(6-9-21)7-12-25-35-17-39(38-25)26-13-10-22(15-34-26)43-30(31,32)33/h4-15,17-18H,16H2,1-3H3,(H,36,42)/b12-7+,37-29?. The van der Waals surface area contributed by atoms with Crippen molar-refractivity contribution in [3.05, 3.63) is 89.6 Å². The van der Waals surface area contributed by atoms with Gasteiger partial charge < -0.3 is 10.1 Å². The van der Waals surface area contributed by atoms with Gasteiger partial charge in [0.2, 0.25) is 5.91 Å². The number of pyridine rings is 1. The fourth-order valence-corrected chi connectivity index (χ4v) is 5.13. The van der Waals surface area contributed by atoms with Crippen LogP contribution in [0.1, 0.15) is 42.3 Å². The van der Waals surface area contributed by atoms with Gasteiger partial charge in [-0.2, -0.15) is 4.99 Å². The fraction of sp³-hybridized carbons (Fsp3) is 0.200. The number of hydrogen-bond donors (Lipinski definition) is 1. The molecule has 1 aliphatic rings. The molecule has 1 N–H and O–H groups in total. The van der Waals surface area contributed by atoms with Crippen LogP contribution in [0, 0.1) is 6.92 Å². The predicted molar refractivity (Wildman–Crippen MR) is 163 cm³/mol. The lowest BCUT2D eigenvalue weighted by atomic mass is 9.99. The number of hydrogen-bond acceptors (Lipinski definition) is 7. The van der Waals surface area contributed by atoms with Crippen molar-refractivity contribution in [2.24, 2.45) is 4.99 Å². The molecule has 0 radical (unpaired) electrons. The molecule has 0 saturated carbocycles. The van der Waals surface area contributed by atoms with Crippen LogP contribution in [0.4, 0.5) is 29.3 Å². The second-order valence-electron chi connectivity index (χ2n) is 9.96. The number of aryl methyl sites for hydroxylation is 1. The van der Waals surface area contributed by atoms with E-state index < -0.39 is 18.1 Å². The molecule has 0 atom stereocenters. The van der Waals surface area contributed by atoms with Crippen LogP contribution in [0.15, 0.2) is 72.1 Å². The molecule has 4 aromatic rings. The normalized spacial score (nSPS) is 14.7. The Balaban J connectivity index is 1.22. The van der Waals surface area contributed by atoms with E-state index in [-0.39, 0.29) is 23.4 Å². The summed E-state index contributed by atoms with van der Waals surface area (Å²) in [5, 5.41) is 7.31. The Hall–Kier alpha value is -4.98. The minimum absolute atomic E-state index is 0.130. The average Bonchev–Trinajstić information content (AvgIpc) is 3.58. The average molecular weight is 622 g/mol. The Kier molecular flexibility index (Phi) is 8.81. The minimum atomic E-state index is -4.80. The molecular formula is C30H26F3N7O3S. The number of thioether (sulfide) groups is 1. The molecule has 0 bridgehead atoms. The van der Waals surface area contributed by atoms with Crippen LogP contribution < -0.4 is 15.0 Å². The first-order valence-corrected chi connectivity index (χ1v) is 14.3. The summed E-state index contributed by atoms with van der Waals surface area (Å²) in [6.45, 7) is 6.05. The van der Waals surface area contributed by atoms with Crippen molar-refractivity contribution in [1.82, 2.24) is 19.7 Å². The monoisotopic (exact) mass is 621 g/mol. The molecule has 44 heavy (non-hydrogen) atoms. The highest BCUT2D eigenvalue weighted by atomic mass is 32.2. The molecule has 1 fully saturated rings. The summed E-state index contributed by atoms with van der Waals surface area (Å²) in [4.78, 5) is 39.3. The van der Waals surface area contributed by atoms with Crippen molar-refractivity contribution >= 4 is 52.4 Å². The van der Waals surface area contributed by atoms with Crippen LogP contribution >= 0.6 is 11.8 Å². The van der Waals surface area contributed by atoms with Gasteiger partial charge in [0.1, 0.15) is 12.1 Å². The molecule has 5 rings (SSSR count). The first-order chi connectivity index (χ1) is 20.9. The van der Waals surface area contributed by atoms with Gasteiger partial charge in [0.05, 0.1) is 17.6 Å². The first-order valence-electron chi connectivity index (χ1n) is 13.3. The highest BCUT2D eigenvalue weighted by molar-refractivity contribution is 8.15. The van der Waals surface area contributed by atoms with Gasteiger partial charge in [-0.15, -0.1) is 18.3 Å². The number of nitrogens with zero attached hydrogens (tertiary/aromatic N) is 6. The van der Waals surface area contributed by atoms with Crippen molar-refractivity contribution in [3.8, 4) is 11.6 Å². The summed E-state index contributed by atoms with van der Waals surface area (Å²) in [5.74, 6) is 0.416. The number of carbonyl (C=O) groups excluding carboxylic acids is 2. The molecule has 3 heterocycles. The number of aliphatic imine (C=N–C) groups is 1. The quantitative estimate of drug-likeness (QED) is 0.241. The molecule has 2 aromatic carbocycles. The number of benzene rings is 2. The smallest absolute Gasteiger partial charge is 0.404 e. The second-order valence-corrected chi connectivity index (χ2v) is 10.9. The number of amidine groups is 1. The summed E-state index contributed by atoms with van der Waals surface area (Å²) >= 11 is 1.22. The maximum Gasteiger partial charge on any atom is 0.573 e. The Morgan fingerprint density at radius 2 is 1.86 bits per heavy atom. The van der Waals surface area contributed by atoms with Crippen LogP contribution in [0.3, 0.4) is 0 Å². The zero-order chi connectivity index (χ0) is 31.4. The largest absolute Gasteiger partial charge is 0.573 e. The lowest BCUT2D eigenvalue weighted by Crippen LogP contribution is -2.31. The highest BCUT2D eigenvalue weighted by Gasteiger charge is 2.33. The highest BCUT2D eigenvalue weighted by Crippen LogP contribution is 2.34. The third-order valence-corrected chi connectivity index (χ3v) is 7.22. The van der Waals surface area contributed by atoms with Crippen molar-refractivity contribution < 1.29 is 27.5 Å².